The van der Waals surface area contributed by atoms with Gasteiger partial charge >= 0.3 is 0 Å². The van der Waals surface area contributed by atoms with Crippen molar-refractivity contribution < 1.29 is 4.79 Å². The van der Waals surface area contributed by atoms with E-state index in [0.717, 1.165) is 18.5 Å². The molecule has 0 unspecified atom stereocenters. The number of hydrogen-bond acceptors (Lipinski definition) is 3. The monoisotopic (exact) mass is 219 g/mol. The number of rotatable bonds is 2. The quantitative estimate of drug-likeness (QED) is 0.775. The topological polar surface area (TPSA) is 60.9 Å². The number of anilines is 1. The zero-order valence-corrected chi connectivity index (χ0v) is 9.79. The molecular formula is C12H17N3O. The lowest BCUT2D eigenvalue weighted by molar-refractivity contribution is 0.101. The van der Waals surface area contributed by atoms with E-state index in [1.807, 2.05) is 0 Å². The van der Waals surface area contributed by atoms with Crippen LogP contribution in [0.4, 0.5) is 5.69 Å². The summed E-state index contributed by atoms with van der Waals surface area (Å²) < 4.78 is 1.59. The average molecular weight is 219 g/mol. The van der Waals surface area contributed by atoms with Gasteiger partial charge in [-0.25, -0.2) is 0 Å². The maximum absolute atomic E-state index is 11.4. The van der Waals surface area contributed by atoms with Crippen molar-refractivity contribution in [1.82, 2.24) is 9.78 Å². The zero-order chi connectivity index (χ0) is 11.7. The summed E-state index contributed by atoms with van der Waals surface area (Å²) in [6, 6.07) is 0. The van der Waals surface area contributed by atoms with E-state index in [1.165, 1.54) is 25.3 Å². The number of allylic oxidation sites excluding steroid dienone is 2. The van der Waals surface area contributed by atoms with Crippen molar-refractivity contribution in [2.24, 2.45) is 7.05 Å². The molecule has 1 aliphatic carbocycles. The van der Waals surface area contributed by atoms with Gasteiger partial charge in [0.05, 0.1) is 5.69 Å². The molecule has 0 radical (unpaired) electrons. The molecule has 0 bridgehead atoms. The van der Waals surface area contributed by atoms with Gasteiger partial charge in [-0.05, 0) is 31.3 Å². The largest absolute Gasteiger partial charge is 0.395 e. The maximum Gasteiger partial charge on any atom is 0.179 e. The minimum Gasteiger partial charge on any atom is -0.395 e. The second kappa shape index (κ2) is 4.12. The van der Waals surface area contributed by atoms with E-state index in [4.69, 9.17) is 5.73 Å². The molecule has 1 heterocycles. The van der Waals surface area contributed by atoms with E-state index in [0.29, 0.717) is 11.4 Å². The molecule has 0 fully saturated rings. The van der Waals surface area contributed by atoms with Crippen molar-refractivity contribution in [2.45, 2.75) is 32.6 Å². The Labute approximate surface area is 95.1 Å². The van der Waals surface area contributed by atoms with Crippen LogP contribution in [-0.4, -0.2) is 15.6 Å². The highest BCUT2D eigenvalue weighted by Crippen LogP contribution is 2.31. The molecule has 1 aliphatic rings. The number of carbonyl (C=O) groups is 1. The standard InChI is InChI=1S/C12H17N3O/c1-8(16)12-10(13)11(14-15(12)2)9-6-4-3-5-7-9/h6H,3-5,7,13H2,1-2H3. The van der Waals surface area contributed by atoms with Crippen LogP contribution in [0.1, 0.15) is 48.8 Å². The van der Waals surface area contributed by atoms with Crippen LogP contribution in [-0.2, 0) is 7.05 Å². The molecular weight excluding hydrogens is 202 g/mol. The number of ketones is 1. The predicted octanol–water partition coefficient (Wildman–Crippen LogP) is 2.16. The highest BCUT2D eigenvalue weighted by atomic mass is 16.1. The third-order valence-electron chi connectivity index (χ3n) is 3.01. The summed E-state index contributed by atoms with van der Waals surface area (Å²) in [4.78, 5) is 11.4. The van der Waals surface area contributed by atoms with Gasteiger partial charge < -0.3 is 5.73 Å². The number of nitrogens with zero attached hydrogens (tertiary/aromatic N) is 2. The SMILES string of the molecule is CC(=O)c1c(N)c(C2=CCCCC2)nn1C. The summed E-state index contributed by atoms with van der Waals surface area (Å²) in [6.07, 6.45) is 6.69. The Morgan fingerprint density at radius 3 is 2.75 bits per heavy atom. The molecule has 0 aromatic carbocycles. The summed E-state index contributed by atoms with van der Waals surface area (Å²) in [5.74, 6) is -0.0323. The fraction of sp³-hybridized carbons (Fsp3) is 0.500. The van der Waals surface area contributed by atoms with Gasteiger partial charge in [0.2, 0.25) is 0 Å². The van der Waals surface area contributed by atoms with E-state index in [1.54, 1.807) is 11.7 Å². The lowest BCUT2D eigenvalue weighted by Crippen LogP contribution is -2.05. The molecule has 0 saturated carbocycles. The van der Waals surface area contributed by atoms with E-state index >= 15 is 0 Å². The van der Waals surface area contributed by atoms with Crippen molar-refractivity contribution in [1.29, 1.82) is 0 Å². The van der Waals surface area contributed by atoms with Crippen LogP contribution in [0.2, 0.25) is 0 Å². The number of carbonyl (C=O) groups excluding carboxylic acids is 1. The van der Waals surface area contributed by atoms with Crippen molar-refractivity contribution in [3.8, 4) is 0 Å². The zero-order valence-electron chi connectivity index (χ0n) is 9.79. The van der Waals surface area contributed by atoms with E-state index in [2.05, 4.69) is 11.2 Å². The van der Waals surface area contributed by atoms with Gasteiger partial charge in [-0.15, -0.1) is 0 Å². The number of nitrogen functional groups attached to an aromatic ring is 1. The first-order valence-electron chi connectivity index (χ1n) is 5.64. The van der Waals surface area contributed by atoms with Gasteiger partial charge in [0.15, 0.2) is 5.78 Å². The van der Waals surface area contributed by atoms with Gasteiger partial charge in [0.1, 0.15) is 11.4 Å². The second-order valence-electron chi connectivity index (χ2n) is 4.27. The average Bonchev–Trinajstić information content (AvgIpc) is 2.55. The summed E-state index contributed by atoms with van der Waals surface area (Å²) in [6.45, 7) is 1.52. The molecule has 2 rings (SSSR count). The third kappa shape index (κ3) is 1.75. The highest BCUT2D eigenvalue weighted by Gasteiger charge is 2.19. The van der Waals surface area contributed by atoms with Crippen molar-refractivity contribution in [3.05, 3.63) is 17.5 Å². The van der Waals surface area contributed by atoms with Crippen molar-refractivity contribution >= 4 is 17.0 Å². The number of aryl methyl sites for hydroxylation is 1. The first-order chi connectivity index (χ1) is 7.61. The molecule has 1 aromatic rings. The number of nitrogens with two attached hydrogens (primary N) is 1. The molecule has 4 nitrogen and oxygen atoms in total. The van der Waals surface area contributed by atoms with Gasteiger partial charge in [0.25, 0.3) is 0 Å². The molecule has 4 heteroatoms. The Kier molecular flexibility index (Phi) is 2.81. The second-order valence-corrected chi connectivity index (χ2v) is 4.27. The van der Waals surface area contributed by atoms with Crippen molar-refractivity contribution in [3.63, 3.8) is 0 Å². The third-order valence-corrected chi connectivity index (χ3v) is 3.01. The van der Waals surface area contributed by atoms with E-state index < -0.39 is 0 Å². The first kappa shape index (κ1) is 10.9. The number of hydrogen-bond donors (Lipinski definition) is 1. The number of Topliss-reactive ketones (excluding diaryl/α,β-unsaturated/α-hetero) is 1. The molecule has 0 atom stereocenters. The van der Waals surface area contributed by atoms with E-state index in [9.17, 15) is 4.79 Å². The van der Waals surface area contributed by atoms with Crippen molar-refractivity contribution in [2.75, 3.05) is 5.73 Å². The molecule has 1 aromatic heterocycles. The molecule has 0 saturated heterocycles. The number of aromatic nitrogens is 2. The smallest absolute Gasteiger partial charge is 0.179 e. The lowest BCUT2D eigenvalue weighted by Gasteiger charge is -2.10. The molecule has 16 heavy (non-hydrogen) atoms. The fourth-order valence-electron chi connectivity index (χ4n) is 2.25. The van der Waals surface area contributed by atoms with Gasteiger partial charge in [-0.2, -0.15) is 5.10 Å². The van der Waals surface area contributed by atoms with Crippen LogP contribution in [0, 0.1) is 0 Å². The van der Waals surface area contributed by atoms with Crippen LogP contribution in [0.3, 0.4) is 0 Å². The maximum atomic E-state index is 11.4. The first-order valence-corrected chi connectivity index (χ1v) is 5.64. The molecule has 0 aliphatic heterocycles. The Hall–Kier alpha value is -1.58. The Morgan fingerprint density at radius 2 is 2.25 bits per heavy atom. The van der Waals surface area contributed by atoms with Gasteiger partial charge in [-0.1, -0.05) is 6.08 Å². The molecule has 0 amide bonds. The normalized spacial score (nSPS) is 16.0. The Morgan fingerprint density at radius 1 is 1.50 bits per heavy atom. The lowest BCUT2D eigenvalue weighted by atomic mass is 9.96. The van der Waals surface area contributed by atoms with E-state index in [-0.39, 0.29) is 5.78 Å². The molecule has 86 valence electrons. The summed E-state index contributed by atoms with van der Waals surface area (Å²) in [5.41, 5.74) is 9.02. The van der Waals surface area contributed by atoms with Crippen LogP contribution in [0.15, 0.2) is 6.08 Å². The summed E-state index contributed by atoms with van der Waals surface area (Å²) >= 11 is 0. The highest BCUT2D eigenvalue weighted by molar-refractivity contribution is 5.99. The molecule has 0 spiro atoms. The summed E-state index contributed by atoms with van der Waals surface area (Å²) in [5, 5.41) is 4.36. The van der Waals surface area contributed by atoms with Crippen LogP contribution < -0.4 is 5.73 Å². The predicted molar refractivity (Wildman–Crippen MR) is 64.1 cm³/mol. The van der Waals surface area contributed by atoms with Crippen LogP contribution >= 0.6 is 0 Å². The molecule has 2 N–H and O–H groups in total. The Balaban J connectivity index is 2.46. The van der Waals surface area contributed by atoms with Crippen LogP contribution in [0.25, 0.3) is 5.57 Å². The minimum atomic E-state index is -0.0323. The fourth-order valence-corrected chi connectivity index (χ4v) is 2.25. The minimum absolute atomic E-state index is 0.0323. The van der Waals surface area contributed by atoms with Crippen LogP contribution in [0.5, 0.6) is 0 Å². The van der Waals surface area contributed by atoms with Gasteiger partial charge in [0, 0.05) is 14.0 Å². The summed E-state index contributed by atoms with van der Waals surface area (Å²) in [7, 11) is 1.76. The van der Waals surface area contributed by atoms with Gasteiger partial charge in [-0.3, -0.25) is 9.48 Å². The Bertz CT molecular complexity index is 457.